The molecule has 20 heavy (non-hydrogen) atoms. The van der Waals surface area contributed by atoms with Crippen LogP contribution in [0.3, 0.4) is 0 Å². The molecule has 0 unspecified atom stereocenters. The molecule has 1 N–H and O–H groups in total. The third-order valence-corrected chi connectivity index (χ3v) is 1.64. The van der Waals surface area contributed by atoms with Gasteiger partial charge in [-0.05, 0) is 19.5 Å². The van der Waals surface area contributed by atoms with Crippen LogP contribution in [0.15, 0.2) is 24.3 Å². The van der Waals surface area contributed by atoms with Crippen LogP contribution in [0.5, 0.6) is 0 Å². The van der Waals surface area contributed by atoms with E-state index in [0.717, 1.165) is 6.54 Å². The first-order valence-electron chi connectivity index (χ1n) is 6.62. The molecule has 0 saturated heterocycles. The van der Waals surface area contributed by atoms with Gasteiger partial charge in [0.2, 0.25) is 6.29 Å². The lowest BCUT2D eigenvalue weighted by atomic mass is 10.1. The maximum atomic E-state index is 10.4. The largest absolute Gasteiger partial charge is 0.446 e. The van der Waals surface area contributed by atoms with Crippen molar-refractivity contribution in [3.63, 3.8) is 0 Å². The average molecular weight is 293 g/mol. The van der Waals surface area contributed by atoms with E-state index in [2.05, 4.69) is 36.5 Å². The summed E-state index contributed by atoms with van der Waals surface area (Å²) in [6, 6.07) is 8.55. The van der Waals surface area contributed by atoms with E-state index < -0.39 is 12.5 Å². The molecule has 118 valence electrons. The zero-order valence-corrected chi connectivity index (χ0v) is 13.1. The number of benzene rings is 1. The summed E-state index contributed by atoms with van der Waals surface area (Å²) in [6.45, 7) is 11.1. The maximum Gasteiger partial charge on any atom is 0.446 e. The molecule has 0 heterocycles. The van der Waals surface area contributed by atoms with Gasteiger partial charge < -0.3 is 5.32 Å². The molecule has 0 aliphatic rings. The minimum Gasteiger partial charge on any atom is -0.316 e. The van der Waals surface area contributed by atoms with E-state index in [-0.39, 0.29) is 0 Å². The number of alkyl halides is 3. The highest BCUT2D eigenvalue weighted by Gasteiger charge is 2.24. The monoisotopic (exact) mass is 293 g/mol. The van der Waals surface area contributed by atoms with Crippen LogP contribution in [-0.2, 0) is 11.3 Å². The second-order valence-electron chi connectivity index (χ2n) is 3.18. The molecule has 0 aliphatic heterocycles. The van der Waals surface area contributed by atoms with E-state index >= 15 is 0 Å². The molecule has 0 saturated carbocycles. The summed E-state index contributed by atoms with van der Waals surface area (Å²) >= 11 is 0. The Morgan fingerprint density at radius 3 is 1.65 bits per heavy atom. The zero-order chi connectivity index (χ0) is 16.6. The summed E-state index contributed by atoms with van der Waals surface area (Å²) in [6.07, 6.45) is -5.70. The van der Waals surface area contributed by atoms with Gasteiger partial charge in [-0.2, -0.15) is 13.2 Å². The fourth-order valence-electron chi connectivity index (χ4n) is 0.910. The molecule has 0 amide bonds. The van der Waals surface area contributed by atoms with Crippen LogP contribution in [0, 0.1) is 6.92 Å². The topological polar surface area (TPSA) is 29.1 Å². The van der Waals surface area contributed by atoms with E-state index in [0.29, 0.717) is 0 Å². The number of carbonyl (C=O) groups excluding carboxylic acids is 1. The van der Waals surface area contributed by atoms with E-state index in [1.807, 2.05) is 34.7 Å². The minimum absolute atomic E-state index is 0.959. The van der Waals surface area contributed by atoms with Gasteiger partial charge >= 0.3 is 6.18 Å². The van der Waals surface area contributed by atoms with Crippen molar-refractivity contribution in [2.24, 2.45) is 0 Å². The van der Waals surface area contributed by atoms with E-state index in [1.54, 1.807) is 0 Å². The third kappa shape index (κ3) is 19.0. The summed E-state index contributed by atoms with van der Waals surface area (Å²) in [5.41, 5.74) is 2.66. The number of hydrogen-bond acceptors (Lipinski definition) is 2. The first-order valence-corrected chi connectivity index (χ1v) is 6.62. The Morgan fingerprint density at radius 1 is 1.05 bits per heavy atom. The Labute approximate surface area is 120 Å². The molecule has 0 spiro atoms. The van der Waals surface area contributed by atoms with Crippen LogP contribution >= 0.6 is 0 Å². The van der Waals surface area contributed by atoms with Crippen molar-refractivity contribution in [2.75, 3.05) is 7.05 Å². The second kappa shape index (κ2) is 15.7. The van der Waals surface area contributed by atoms with Crippen molar-refractivity contribution < 1.29 is 18.0 Å². The lowest BCUT2D eigenvalue weighted by Crippen LogP contribution is -2.07. The number of hydrogen-bond donors (Lipinski definition) is 1. The molecule has 0 fully saturated rings. The highest BCUT2D eigenvalue weighted by atomic mass is 19.4. The van der Waals surface area contributed by atoms with Crippen molar-refractivity contribution >= 4 is 6.29 Å². The zero-order valence-electron chi connectivity index (χ0n) is 13.1. The van der Waals surface area contributed by atoms with Gasteiger partial charge in [0, 0.05) is 6.54 Å². The highest BCUT2D eigenvalue weighted by Crippen LogP contribution is 2.08. The Morgan fingerprint density at radius 2 is 1.40 bits per heavy atom. The number of rotatable bonds is 2. The van der Waals surface area contributed by atoms with E-state index in [1.165, 1.54) is 11.1 Å². The number of aryl methyl sites for hydroxylation is 1. The Kier molecular flexibility index (Phi) is 18.6. The maximum absolute atomic E-state index is 10.4. The fraction of sp³-hybridized carbons (Fsp3) is 0.533. The molecule has 0 radical (unpaired) electrons. The van der Waals surface area contributed by atoms with Gasteiger partial charge in [-0.15, -0.1) is 0 Å². The van der Waals surface area contributed by atoms with Crippen molar-refractivity contribution in [2.45, 2.75) is 47.3 Å². The summed E-state index contributed by atoms with van der Waals surface area (Å²) in [5, 5.41) is 3.10. The fourth-order valence-corrected chi connectivity index (χ4v) is 0.910. The van der Waals surface area contributed by atoms with Crippen molar-refractivity contribution in [1.82, 2.24) is 5.32 Å². The quantitative estimate of drug-likeness (QED) is 0.813. The smallest absolute Gasteiger partial charge is 0.316 e. The van der Waals surface area contributed by atoms with Gasteiger partial charge in [0.15, 0.2) is 0 Å². The van der Waals surface area contributed by atoms with Crippen LogP contribution in [-0.4, -0.2) is 19.5 Å². The van der Waals surface area contributed by atoms with Crippen LogP contribution in [0.2, 0.25) is 0 Å². The molecule has 1 aromatic carbocycles. The standard InChI is InChI=1S/C9H13N.C2HF3O.2C2H6/c1-8-3-5-9(6-4-8)7-10-2;3-2(4,5)1-6;2*1-2/h3-6,10H,7H2,1-2H3;1H;2*1-2H3. The Balaban J connectivity index is -0.000000250. The number of halogens is 3. The van der Waals surface area contributed by atoms with Gasteiger partial charge in [-0.25, -0.2) is 0 Å². The molecule has 1 rings (SSSR count). The third-order valence-electron chi connectivity index (χ3n) is 1.64. The van der Waals surface area contributed by atoms with Gasteiger partial charge in [0.1, 0.15) is 0 Å². The predicted molar refractivity (Wildman–Crippen MR) is 78.8 cm³/mol. The van der Waals surface area contributed by atoms with Crippen molar-refractivity contribution in [3.05, 3.63) is 35.4 Å². The molecule has 1 aromatic rings. The van der Waals surface area contributed by atoms with Crippen molar-refractivity contribution in [1.29, 1.82) is 0 Å². The molecule has 0 atom stereocenters. The average Bonchev–Trinajstić information content (AvgIpc) is 2.46. The Bertz CT molecular complexity index is 308. The molecule has 0 bridgehead atoms. The summed E-state index contributed by atoms with van der Waals surface area (Å²) in [5.74, 6) is 0. The van der Waals surface area contributed by atoms with Crippen molar-refractivity contribution in [3.8, 4) is 0 Å². The molecular formula is C15H26F3NO. The molecule has 5 heteroatoms. The molecule has 0 aliphatic carbocycles. The molecule has 2 nitrogen and oxygen atoms in total. The normalized spacial score (nSPS) is 8.85. The lowest BCUT2D eigenvalue weighted by molar-refractivity contribution is -0.156. The van der Waals surface area contributed by atoms with Crippen LogP contribution < -0.4 is 5.32 Å². The minimum atomic E-state index is -4.64. The molecular weight excluding hydrogens is 267 g/mol. The van der Waals surface area contributed by atoms with E-state index in [9.17, 15) is 13.2 Å². The number of carbonyl (C=O) groups is 1. The van der Waals surface area contributed by atoms with Gasteiger partial charge in [0.05, 0.1) is 0 Å². The summed E-state index contributed by atoms with van der Waals surface area (Å²) < 4.78 is 31.2. The van der Waals surface area contributed by atoms with Crippen LogP contribution in [0.4, 0.5) is 13.2 Å². The van der Waals surface area contributed by atoms with Gasteiger partial charge in [0.25, 0.3) is 0 Å². The van der Waals surface area contributed by atoms with Gasteiger partial charge in [-0.1, -0.05) is 57.5 Å². The summed E-state index contributed by atoms with van der Waals surface area (Å²) in [4.78, 5) is 8.70. The lowest BCUT2D eigenvalue weighted by Gasteiger charge is -1.98. The number of nitrogens with one attached hydrogen (secondary N) is 1. The van der Waals surface area contributed by atoms with E-state index in [4.69, 9.17) is 4.79 Å². The first kappa shape index (κ1) is 23.7. The highest BCUT2D eigenvalue weighted by molar-refractivity contribution is 5.56. The SMILES string of the molecule is CC.CC.CNCc1ccc(C)cc1.O=CC(F)(F)F. The Hall–Kier alpha value is -1.36. The van der Waals surface area contributed by atoms with Crippen LogP contribution in [0.1, 0.15) is 38.8 Å². The summed E-state index contributed by atoms with van der Waals surface area (Å²) in [7, 11) is 1.96. The van der Waals surface area contributed by atoms with Gasteiger partial charge in [-0.3, -0.25) is 4.79 Å². The number of aldehydes is 1. The first-order chi connectivity index (χ1) is 9.39. The second-order valence-corrected chi connectivity index (χ2v) is 3.18. The van der Waals surface area contributed by atoms with Crippen LogP contribution in [0.25, 0.3) is 0 Å². The molecule has 0 aromatic heterocycles. The predicted octanol–water partition coefficient (Wildman–Crippen LogP) is 4.51.